The number of amides is 2. The standard InChI is InChI=1S/C13H22N2O5/c1-13(2)6-5-8(7-13)14-12(20)15-9(11(18)19)3-4-10(16)17/h8-9H,3-7H2,1-2H3,(H,16,17)(H,18,19)(H2,14,15,20)/t8?,9-/m0/s1. The lowest BCUT2D eigenvalue weighted by atomic mass is 9.92. The molecule has 20 heavy (non-hydrogen) atoms. The van der Waals surface area contributed by atoms with Crippen LogP contribution in [0, 0.1) is 5.41 Å². The zero-order valence-electron chi connectivity index (χ0n) is 11.8. The van der Waals surface area contributed by atoms with E-state index in [1.807, 2.05) is 0 Å². The molecule has 1 aliphatic rings. The van der Waals surface area contributed by atoms with E-state index in [4.69, 9.17) is 10.2 Å². The highest BCUT2D eigenvalue weighted by atomic mass is 16.4. The predicted octanol–water partition coefficient (Wildman–Crippen LogP) is 1.18. The molecule has 1 saturated carbocycles. The molecule has 0 bridgehead atoms. The van der Waals surface area contributed by atoms with Gasteiger partial charge in [-0.25, -0.2) is 9.59 Å². The Morgan fingerprint density at radius 1 is 1.30 bits per heavy atom. The molecule has 114 valence electrons. The molecular weight excluding hydrogens is 264 g/mol. The van der Waals surface area contributed by atoms with Gasteiger partial charge in [0.05, 0.1) is 0 Å². The predicted molar refractivity (Wildman–Crippen MR) is 71.4 cm³/mol. The largest absolute Gasteiger partial charge is 0.481 e. The fourth-order valence-corrected chi connectivity index (χ4v) is 2.47. The summed E-state index contributed by atoms with van der Waals surface area (Å²) in [7, 11) is 0. The van der Waals surface area contributed by atoms with Crippen LogP contribution in [-0.4, -0.2) is 40.3 Å². The van der Waals surface area contributed by atoms with Crippen molar-refractivity contribution >= 4 is 18.0 Å². The number of nitrogens with one attached hydrogen (secondary N) is 2. The van der Waals surface area contributed by atoms with E-state index in [-0.39, 0.29) is 24.3 Å². The number of carboxylic acid groups (broad SMARTS) is 2. The summed E-state index contributed by atoms with van der Waals surface area (Å²) in [6, 6.07) is -1.69. The van der Waals surface area contributed by atoms with Gasteiger partial charge >= 0.3 is 18.0 Å². The van der Waals surface area contributed by atoms with Crippen molar-refractivity contribution in [1.82, 2.24) is 10.6 Å². The van der Waals surface area contributed by atoms with Crippen LogP contribution < -0.4 is 10.6 Å². The van der Waals surface area contributed by atoms with Gasteiger partial charge in [-0.2, -0.15) is 0 Å². The maximum absolute atomic E-state index is 11.7. The zero-order valence-corrected chi connectivity index (χ0v) is 11.8. The summed E-state index contributed by atoms with van der Waals surface area (Å²) in [6.45, 7) is 4.25. The highest BCUT2D eigenvalue weighted by Crippen LogP contribution is 2.36. The molecule has 2 atom stereocenters. The van der Waals surface area contributed by atoms with Crippen LogP contribution in [0.1, 0.15) is 46.0 Å². The minimum atomic E-state index is -1.23. The number of carbonyl (C=O) groups excluding carboxylic acids is 1. The Bertz CT molecular complexity index is 394. The van der Waals surface area contributed by atoms with Crippen LogP contribution >= 0.6 is 0 Å². The Morgan fingerprint density at radius 2 is 1.95 bits per heavy atom. The highest BCUT2D eigenvalue weighted by Gasteiger charge is 2.32. The van der Waals surface area contributed by atoms with Crippen molar-refractivity contribution in [1.29, 1.82) is 0 Å². The molecule has 1 rings (SSSR count). The van der Waals surface area contributed by atoms with Crippen LogP contribution in [0.4, 0.5) is 4.79 Å². The Morgan fingerprint density at radius 3 is 2.40 bits per heavy atom. The molecule has 7 heteroatoms. The van der Waals surface area contributed by atoms with Gasteiger partial charge in [0.2, 0.25) is 0 Å². The summed E-state index contributed by atoms with van der Waals surface area (Å²) >= 11 is 0. The fraction of sp³-hybridized carbons (Fsp3) is 0.769. The molecule has 0 heterocycles. The van der Waals surface area contributed by atoms with Gasteiger partial charge in [-0.3, -0.25) is 4.79 Å². The first-order valence-corrected chi connectivity index (χ1v) is 6.71. The summed E-state index contributed by atoms with van der Waals surface area (Å²) < 4.78 is 0. The fourth-order valence-electron chi connectivity index (χ4n) is 2.47. The number of carboxylic acids is 2. The molecule has 0 aromatic heterocycles. The SMILES string of the molecule is CC1(C)CCC(NC(=O)N[C@@H](CCC(=O)O)C(=O)O)C1. The summed E-state index contributed by atoms with van der Waals surface area (Å²) in [6.07, 6.45) is 2.31. The van der Waals surface area contributed by atoms with E-state index >= 15 is 0 Å². The summed E-state index contributed by atoms with van der Waals surface area (Å²) in [4.78, 5) is 33.1. The quantitative estimate of drug-likeness (QED) is 0.585. The molecule has 1 aliphatic carbocycles. The second kappa shape index (κ2) is 6.58. The number of rotatable bonds is 6. The van der Waals surface area contributed by atoms with E-state index in [9.17, 15) is 14.4 Å². The zero-order chi connectivity index (χ0) is 15.3. The molecule has 0 saturated heterocycles. The molecule has 2 amide bonds. The van der Waals surface area contributed by atoms with Crippen molar-refractivity contribution < 1.29 is 24.6 Å². The van der Waals surface area contributed by atoms with E-state index < -0.39 is 24.0 Å². The second-order valence-corrected chi connectivity index (χ2v) is 6.04. The molecular formula is C13H22N2O5. The Kier molecular flexibility index (Phi) is 5.35. The third-order valence-electron chi connectivity index (χ3n) is 3.55. The van der Waals surface area contributed by atoms with Gasteiger partial charge in [-0.05, 0) is 31.1 Å². The molecule has 0 radical (unpaired) electrons. The normalized spacial score (nSPS) is 22.0. The highest BCUT2D eigenvalue weighted by molar-refractivity contribution is 5.83. The Hall–Kier alpha value is -1.79. The lowest BCUT2D eigenvalue weighted by molar-refractivity contribution is -0.140. The average Bonchev–Trinajstić information content (AvgIpc) is 2.63. The first-order valence-electron chi connectivity index (χ1n) is 6.71. The van der Waals surface area contributed by atoms with Crippen molar-refractivity contribution in [2.24, 2.45) is 5.41 Å². The smallest absolute Gasteiger partial charge is 0.326 e. The van der Waals surface area contributed by atoms with Gasteiger partial charge in [0.15, 0.2) is 0 Å². The second-order valence-electron chi connectivity index (χ2n) is 6.04. The van der Waals surface area contributed by atoms with Crippen LogP contribution in [0.3, 0.4) is 0 Å². The molecule has 0 spiro atoms. The van der Waals surface area contributed by atoms with E-state index in [0.717, 1.165) is 19.3 Å². The van der Waals surface area contributed by atoms with E-state index in [2.05, 4.69) is 24.5 Å². The van der Waals surface area contributed by atoms with Crippen LogP contribution in [0.5, 0.6) is 0 Å². The minimum Gasteiger partial charge on any atom is -0.481 e. The minimum absolute atomic E-state index is 0.0407. The molecule has 4 N–H and O–H groups in total. The number of carbonyl (C=O) groups is 3. The van der Waals surface area contributed by atoms with Gasteiger partial charge in [0.1, 0.15) is 6.04 Å². The number of hydrogen-bond acceptors (Lipinski definition) is 3. The maximum Gasteiger partial charge on any atom is 0.326 e. The molecule has 7 nitrogen and oxygen atoms in total. The molecule has 0 aromatic carbocycles. The number of urea groups is 1. The monoisotopic (exact) mass is 286 g/mol. The summed E-state index contributed by atoms with van der Waals surface area (Å²) in [5.41, 5.74) is 0.188. The Balaban J connectivity index is 2.42. The molecule has 0 aromatic rings. The third-order valence-corrected chi connectivity index (χ3v) is 3.55. The van der Waals surface area contributed by atoms with Gasteiger partial charge in [0.25, 0.3) is 0 Å². The molecule has 1 fully saturated rings. The van der Waals surface area contributed by atoms with E-state index in [1.165, 1.54) is 0 Å². The maximum atomic E-state index is 11.7. The average molecular weight is 286 g/mol. The Labute approximate surface area is 117 Å². The van der Waals surface area contributed by atoms with Gasteiger partial charge in [-0.1, -0.05) is 13.8 Å². The van der Waals surface area contributed by atoms with Crippen molar-refractivity contribution in [2.75, 3.05) is 0 Å². The van der Waals surface area contributed by atoms with E-state index in [0.29, 0.717) is 0 Å². The number of hydrogen-bond donors (Lipinski definition) is 4. The third kappa shape index (κ3) is 5.46. The van der Waals surface area contributed by atoms with Crippen LogP contribution in [0.2, 0.25) is 0 Å². The van der Waals surface area contributed by atoms with Crippen molar-refractivity contribution in [2.45, 2.75) is 58.0 Å². The van der Waals surface area contributed by atoms with Crippen LogP contribution in [0.25, 0.3) is 0 Å². The van der Waals surface area contributed by atoms with Gasteiger partial charge < -0.3 is 20.8 Å². The van der Waals surface area contributed by atoms with Gasteiger partial charge in [-0.15, -0.1) is 0 Å². The number of aliphatic carboxylic acids is 2. The van der Waals surface area contributed by atoms with E-state index in [1.54, 1.807) is 0 Å². The van der Waals surface area contributed by atoms with Crippen molar-refractivity contribution in [3.63, 3.8) is 0 Å². The summed E-state index contributed by atoms with van der Waals surface area (Å²) in [5.74, 6) is -2.32. The van der Waals surface area contributed by atoms with Crippen LogP contribution in [0.15, 0.2) is 0 Å². The lowest BCUT2D eigenvalue weighted by Crippen LogP contribution is -2.48. The lowest BCUT2D eigenvalue weighted by Gasteiger charge is -2.19. The molecule has 0 aliphatic heterocycles. The molecule has 1 unspecified atom stereocenters. The van der Waals surface area contributed by atoms with Crippen LogP contribution in [-0.2, 0) is 9.59 Å². The first-order chi connectivity index (χ1) is 9.19. The topological polar surface area (TPSA) is 116 Å². The van der Waals surface area contributed by atoms with Gasteiger partial charge in [0, 0.05) is 12.5 Å². The van der Waals surface area contributed by atoms with Crippen molar-refractivity contribution in [3.05, 3.63) is 0 Å². The first kappa shape index (κ1) is 16.3. The summed E-state index contributed by atoms with van der Waals surface area (Å²) in [5, 5.41) is 22.5. The van der Waals surface area contributed by atoms with Crippen molar-refractivity contribution in [3.8, 4) is 0 Å².